The van der Waals surface area contributed by atoms with E-state index in [1.165, 1.54) is 37.7 Å². The van der Waals surface area contributed by atoms with E-state index in [9.17, 15) is 9.59 Å². The summed E-state index contributed by atoms with van der Waals surface area (Å²) in [6, 6.07) is 10.3. The normalized spacial score (nSPS) is 21.6. The fraction of sp³-hybridized carbons (Fsp3) is 0.619. The molecule has 1 spiro atoms. The van der Waals surface area contributed by atoms with Crippen molar-refractivity contribution in [3.63, 3.8) is 0 Å². The van der Waals surface area contributed by atoms with Crippen LogP contribution in [0.3, 0.4) is 0 Å². The Balaban J connectivity index is 1.55. The van der Waals surface area contributed by atoms with Crippen LogP contribution in [-0.2, 0) is 11.2 Å². The van der Waals surface area contributed by atoms with Gasteiger partial charge in [0.1, 0.15) is 0 Å². The first kappa shape index (κ1) is 18.7. The molecule has 5 nitrogen and oxygen atoms in total. The number of amides is 3. The van der Waals surface area contributed by atoms with E-state index in [0.717, 1.165) is 19.5 Å². The van der Waals surface area contributed by atoms with Gasteiger partial charge in [-0.2, -0.15) is 0 Å². The Hall–Kier alpha value is -2.04. The number of carbonyl (C=O) groups excluding carboxylic acids is 2. The molecule has 2 aliphatic rings. The Labute approximate surface area is 156 Å². The largest absolute Gasteiger partial charge is 0.356 e. The molecule has 1 heterocycles. The molecule has 3 amide bonds. The van der Waals surface area contributed by atoms with Gasteiger partial charge in [-0.1, -0.05) is 49.6 Å². The highest BCUT2D eigenvalue weighted by Gasteiger charge is 2.47. The molecule has 1 aromatic rings. The average Bonchev–Trinajstić information content (AvgIpc) is 2.99. The van der Waals surface area contributed by atoms with Crippen LogP contribution < -0.4 is 10.6 Å². The second-order valence-electron chi connectivity index (χ2n) is 7.91. The molecular formula is C21H31N3O2. The zero-order valence-electron chi connectivity index (χ0n) is 15.8. The topological polar surface area (TPSA) is 61.4 Å². The van der Waals surface area contributed by atoms with Crippen molar-refractivity contribution in [2.24, 2.45) is 11.3 Å². The Bertz CT molecular complexity index is 611. The minimum Gasteiger partial charge on any atom is -0.356 e. The maximum Gasteiger partial charge on any atom is 0.317 e. The summed E-state index contributed by atoms with van der Waals surface area (Å²) in [5, 5.41) is 6.07. The lowest BCUT2D eigenvalue weighted by Crippen LogP contribution is -2.41. The van der Waals surface area contributed by atoms with Crippen LogP contribution in [0.25, 0.3) is 0 Å². The standard InChI is InChI=1S/C21H31N3O2/c1-17(25)23-14-19-15-24(16-21(19)11-6-3-7-12-21)20(26)22-13-10-18-8-4-2-5-9-18/h2,4-5,8-9,19H,3,6-7,10-16H2,1H3,(H,22,26)(H,23,25). The quantitative estimate of drug-likeness (QED) is 0.851. The predicted octanol–water partition coefficient (Wildman–Crippen LogP) is 2.96. The molecule has 1 aliphatic heterocycles. The van der Waals surface area contributed by atoms with Crippen molar-refractivity contribution < 1.29 is 9.59 Å². The third kappa shape index (κ3) is 4.57. The molecule has 1 saturated heterocycles. The Morgan fingerprint density at radius 1 is 1.12 bits per heavy atom. The van der Waals surface area contributed by atoms with E-state index in [-0.39, 0.29) is 17.4 Å². The minimum absolute atomic E-state index is 0.0155. The van der Waals surface area contributed by atoms with Crippen molar-refractivity contribution in [1.29, 1.82) is 0 Å². The number of rotatable bonds is 5. The number of nitrogens with one attached hydrogen (secondary N) is 2. The fourth-order valence-corrected chi connectivity index (χ4v) is 4.63. The molecule has 0 aromatic heterocycles. The highest BCUT2D eigenvalue weighted by Crippen LogP contribution is 2.47. The van der Waals surface area contributed by atoms with E-state index in [1.54, 1.807) is 6.92 Å². The number of benzene rings is 1. The summed E-state index contributed by atoms with van der Waals surface area (Å²) >= 11 is 0. The van der Waals surface area contributed by atoms with Crippen molar-refractivity contribution >= 4 is 11.9 Å². The lowest BCUT2D eigenvalue weighted by atomic mass is 9.68. The highest BCUT2D eigenvalue weighted by molar-refractivity contribution is 5.75. The molecule has 1 unspecified atom stereocenters. The molecule has 3 rings (SSSR count). The Kier molecular flexibility index (Phi) is 6.17. The van der Waals surface area contributed by atoms with Gasteiger partial charge in [-0.25, -0.2) is 4.79 Å². The molecule has 1 aliphatic carbocycles. The van der Waals surface area contributed by atoms with Crippen LogP contribution in [0.2, 0.25) is 0 Å². The zero-order chi connectivity index (χ0) is 18.4. The van der Waals surface area contributed by atoms with Gasteiger partial charge in [0.15, 0.2) is 0 Å². The first-order valence-corrected chi connectivity index (χ1v) is 9.90. The van der Waals surface area contributed by atoms with Crippen LogP contribution in [0.4, 0.5) is 4.79 Å². The van der Waals surface area contributed by atoms with Gasteiger partial charge < -0.3 is 15.5 Å². The monoisotopic (exact) mass is 357 g/mol. The molecule has 142 valence electrons. The summed E-state index contributed by atoms with van der Waals surface area (Å²) < 4.78 is 0. The summed E-state index contributed by atoms with van der Waals surface area (Å²) in [7, 11) is 0. The molecule has 5 heteroatoms. The van der Waals surface area contributed by atoms with Gasteiger partial charge in [0.2, 0.25) is 5.91 Å². The van der Waals surface area contributed by atoms with Crippen LogP contribution in [0, 0.1) is 11.3 Å². The number of hydrogen-bond acceptors (Lipinski definition) is 2. The second kappa shape index (κ2) is 8.56. The van der Waals surface area contributed by atoms with E-state index in [2.05, 4.69) is 22.8 Å². The van der Waals surface area contributed by atoms with Crippen LogP contribution in [0.1, 0.15) is 44.6 Å². The summed E-state index contributed by atoms with van der Waals surface area (Å²) in [5.74, 6) is 0.383. The molecule has 2 fully saturated rings. The van der Waals surface area contributed by atoms with Crippen molar-refractivity contribution in [3.8, 4) is 0 Å². The highest BCUT2D eigenvalue weighted by atomic mass is 16.2. The number of nitrogens with zero attached hydrogens (tertiary/aromatic N) is 1. The Morgan fingerprint density at radius 2 is 1.85 bits per heavy atom. The number of likely N-dealkylation sites (tertiary alicyclic amines) is 1. The van der Waals surface area contributed by atoms with Gasteiger partial charge in [0.05, 0.1) is 0 Å². The van der Waals surface area contributed by atoms with Crippen molar-refractivity contribution in [2.75, 3.05) is 26.2 Å². The van der Waals surface area contributed by atoms with E-state index >= 15 is 0 Å². The van der Waals surface area contributed by atoms with Crippen LogP contribution in [-0.4, -0.2) is 43.0 Å². The van der Waals surface area contributed by atoms with Crippen molar-refractivity contribution in [3.05, 3.63) is 35.9 Å². The third-order valence-electron chi connectivity index (χ3n) is 6.08. The maximum absolute atomic E-state index is 12.7. The van der Waals surface area contributed by atoms with E-state index < -0.39 is 0 Å². The van der Waals surface area contributed by atoms with Gasteiger partial charge in [-0.3, -0.25) is 4.79 Å². The molecule has 2 N–H and O–H groups in total. The lowest BCUT2D eigenvalue weighted by molar-refractivity contribution is -0.119. The van der Waals surface area contributed by atoms with Gasteiger partial charge >= 0.3 is 6.03 Å². The molecular weight excluding hydrogens is 326 g/mol. The maximum atomic E-state index is 12.7. The molecule has 1 aromatic carbocycles. The zero-order valence-corrected chi connectivity index (χ0v) is 15.8. The molecule has 26 heavy (non-hydrogen) atoms. The van der Waals surface area contributed by atoms with E-state index in [4.69, 9.17) is 0 Å². The fourth-order valence-electron chi connectivity index (χ4n) is 4.63. The van der Waals surface area contributed by atoms with Gasteiger partial charge in [0, 0.05) is 39.0 Å². The first-order chi connectivity index (χ1) is 12.6. The van der Waals surface area contributed by atoms with Gasteiger partial charge in [-0.15, -0.1) is 0 Å². The molecule has 1 saturated carbocycles. The van der Waals surface area contributed by atoms with Crippen LogP contribution >= 0.6 is 0 Å². The SMILES string of the molecule is CC(=O)NCC1CN(C(=O)NCCc2ccccc2)CC12CCCCC2. The third-order valence-corrected chi connectivity index (χ3v) is 6.08. The number of carbonyl (C=O) groups is 2. The summed E-state index contributed by atoms with van der Waals surface area (Å²) in [6.07, 6.45) is 6.95. The van der Waals surface area contributed by atoms with Crippen molar-refractivity contribution in [1.82, 2.24) is 15.5 Å². The van der Waals surface area contributed by atoms with E-state index in [0.29, 0.717) is 19.0 Å². The minimum atomic E-state index is 0.0155. The second-order valence-corrected chi connectivity index (χ2v) is 7.91. The van der Waals surface area contributed by atoms with E-state index in [1.807, 2.05) is 23.1 Å². The molecule has 0 radical (unpaired) electrons. The predicted molar refractivity (Wildman–Crippen MR) is 103 cm³/mol. The smallest absolute Gasteiger partial charge is 0.317 e. The summed E-state index contributed by atoms with van der Waals surface area (Å²) in [6.45, 7) is 4.48. The number of hydrogen-bond donors (Lipinski definition) is 2. The molecule has 1 atom stereocenters. The number of urea groups is 1. The molecule has 0 bridgehead atoms. The van der Waals surface area contributed by atoms with Gasteiger partial charge in [-0.05, 0) is 30.2 Å². The first-order valence-electron chi connectivity index (χ1n) is 9.90. The summed E-state index contributed by atoms with van der Waals surface area (Å²) in [4.78, 5) is 26.0. The Morgan fingerprint density at radius 3 is 2.54 bits per heavy atom. The van der Waals surface area contributed by atoms with Gasteiger partial charge in [0.25, 0.3) is 0 Å². The van der Waals surface area contributed by atoms with Crippen LogP contribution in [0.5, 0.6) is 0 Å². The van der Waals surface area contributed by atoms with Crippen molar-refractivity contribution in [2.45, 2.75) is 45.4 Å². The lowest BCUT2D eigenvalue weighted by Gasteiger charge is -2.38. The average molecular weight is 357 g/mol. The van der Waals surface area contributed by atoms with Crippen LogP contribution in [0.15, 0.2) is 30.3 Å². The summed E-state index contributed by atoms with van der Waals surface area (Å²) in [5.41, 5.74) is 1.43.